The van der Waals surface area contributed by atoms with Crippen LogP contribution in [0.1, 0.15) is 36.1 Å². The molecule has 208 valence electrons. The summed E-state index contributed by atoms with van der Waals surface area (Å²) in [7, 11) is 0. The summed E-state index contributed by atoms with van der Waals surface area (Å²) in [5.74, 6) is -0.266. The molecule has 2 atom stereocenters. The minimum atomic E-state index is -0.735. The number of carbonyl (C=O) groups excluding carboxylic acids is 1. The first-order valence-electron chi connectivity index (χ1n) is 13.9. The van der Waals surface area contributed by atoms with Gasteiger partial charge in [-0.25, -0.2) is 0 Å². The number of hydrogen-bond donors (Lipinski definition) is 0. The fourth-order valence-electron chi connectivity index (χ4n) is 6.70. The van der Waals surface area contributed by atoms with Crippen molar-refractivity contribution in [3.05, 3.63) is 131 Å². The largest absolute Gasteiger partial charge is 0.473 e. The highest BCUT2D eigenvalue weighted by atomic mass is 32.2. The molecule has 2 aliphatic rings. The Morgan fingerprint density at radius 3 is 1.98 bits per heavy atom. The maximum atomic E-state index is 14.3. The summed E-state index contributed by atoms with van der Waals surface area (Å²) >= 11 is 6.95. The number of nitrogens with zero attached hydrogens (tertiary/aromatic N) is 1. The van der Waals surface area contributed by atoms with E-state index in [-0.39, 0.29) is 18.7 Å². The standard InChI is InChI=1S/C35H33NO3S2/c1-34(2)30(39-33(40)41-3)22-36(31(34)32(37)38-23-24-14-6-4-7-15-24)35(25-16-8-5-9-17-25)28-20-12-10-18-26(28)27-19-11-13-21-29(27)35/h4-21,30-31H,22-23H2,1-3H3/t30-,31+/m0/s1. The van der Waals surface area contributed by atoms with Gasteiger partial charge < -0.3 is 9.47 Å². The Morgan fingerprint density at radius 2 is 1.39 bits per heavy atom. The zero-order chi connectivity index (χ0) is 28.6. The third kappa shape index (κ3) is 4.58. The molecule has 0 aromatic heterocycles. The minimum absolute atomic E-state index is 0.209. The minimum Gasteiger partial charge on any atom is -0.473 e. The Labute approximate surface area is 251 Å². The zero-order valence-corrected chi connectivity index (χ0v) is 25.1. The van der Waals surface area contributed by atoms with Crippen LogP contribution in [0.2, 0.25) is 0 Å². The number of fused-ring (bicyclic) bond motifs is 3. The lowest BCUT2D eigenvalue weighted by molar-refractivity contribution is -0.155. The Hall–Kier alpha value is -3.45. The summed E-state index contributed by atoms with van der Waals surface area (Å²) in [6.07, 6.45) is 1.60. The summed E-state index contributed by atoms with van der Waals surface area (Å²) in [6, 6.07) is 36.8. The fraction of sp³-hybridized carbons (Fsp3) is 0.257. The molecule has 6 rings (SSSR count). The number of hydrogen-bond acceptors (Lipinski definition) is 6. The monoisotopic (exact) mass is 579 g/mol. The first kappa shape index (κ1) is 27.7. The number of thiocarbonyl (C=S) groups is 1. The van der Waals surface area contributed by atoms with E-state index in [9.17, 15) is 4.79 Å². The molecule has 4 aromatic rings. The predicted octanol–water partition coefficient (Wildman–Crippen LogP) is 7.45. The summed E-state index contributed by atoms with van der Waals surface area (Å²) in [4.78, 5) is 16.7. The van der Waals surface area contributed by atoms with Crippen molar-refractivity contribution in [3.8, 4) is 11.1 Å². The molecule has 1 aliphatic heterocycles. The van der Waals surface area contributed by atoms with Gasteiger partial charge in [0.1, 0.15) is 18.8 Å². The SMILES string of the molecule is CSC(=S)O[C@H]1CN(C2(c3ccccc3)c3ccccc3-c3ccccc32)[C@H](C(=O)OCc2ccccc2)C1(C)C. The molecule has 0 radical (unpaired) electrons. The lowest BCUT2D eigenvalue weighted by Gasteiger charge is -2.45. The van der Waals surface area contributed by atoms with Crippen LogP contribution in [-0.2, 0) is 26.4 Å². The Balaban J connectivity index is 1.55. The van der Waals surface area contributed by atoms with Crippen LogP contribution in [0.25, 0.3) is 11.1 Å². The van der Waals surface area contributed by atoms with Crippen molar-refractivity contribution in [2.75, 3.05) is 12.8 Å². The average molecular weight is 580 g/mol. The maximum absolute atomic E-state index is 14.3. The molecule has 1 fully saturated rings. The smallest absolute Gasteiger partial charge is 0.324 e. The van der Waals surface area contributed by atoms with Crippen molar-refractivity contribution in [2.24, 2.45) is 5.41 Å². The fourth-order valence-corrected chi connectivity index (χ4v) is 7.03. The van der Waals surface area contributed by atoms with Gasteiger partial charge in [0.15, 0.2) is 0 Å². The number of thioether (sulfide) groups is 1. The van der Waals surface area contributed by atoms with Gasteiger partial charge in [-0.1, -0.05) is 135 Å². The number of carbonyl (C=O) groups is 1. The van der Waals surface area contributed by atoms with E-state index >= 15 is 0 Å². The molecule has 0 amide bonds. The van der Waals surface area contributed by atoms with Gasteiger partial charge >= 0.3 is 5.97 Å². The Kier molecular flexibility index (Phi) is 7.49. The van der Waals surface area contributed by atoms with Crippen molar-refractivity contribution >= 4 is 34.3 Å². The van der Waals surface area contributed by atoms with Crippen molar-refractivity contribution in [1.82, 2.24) is 4.90 Å². The van der Waals surface area contributed by atoms with Crippen LogP contribution < -0.4 is 0 Å². The maximum Gasteiger partial charge on any atom is 0.324 e. The van der Waals surface area contributed by atoms with E-state index in [1.165, 1.54) is 22.9 Å². The van der Waals surface area contributed by atoms with Crippen LogP contribution in [0.3, 0.4) is 0 Å². The van der Waals surface area contributed by atoms with Gasteiger partial charge in [0.25, 0.3) is 0 Å². The van der Waals surface area contributed by atoms with Crippen LogP contribution in [-0.4, -0.2) is 40.2 Å². The topological polar surface area (TPSA) is 38.8 Å². The molecule has 6 heteroatoms. The van der Waals surface area contributed by atoms with Gasteiger partial charge in [0.2, 0.25) is 4.38 Å². The van der Waals surface area contributed by atoms with Crippen LogP contribution in [0, 0.1) is 5.41 Å². The first-order chi connectivity index (χ1) is 19.9. The highest BCUT2D eigenvalue weighted by Crippen LogP contribution is 2.58. The third-order valence-corrected chi connectivity index (χ3v) is 9.63. The molecule has 1 saturated heterocycles. The van der Waals surface area contributed by atoms with Crippen LogP contribution in [0.15, 0.2) is 109 Å². The van der Waals surface area contributed by atoms with Gasteiger partial charge in [-0.3, -0.25) is 9.69 Å². The van der Waals surface area contributed by atoms with E-state index in [0.717, 1.165) is 22.3 Å². The average Bonchev–Trinajstić information content (AvgIpc) is 3.45. The molecule has 0 bridgehead atoms. The van der Waals surface area contributed by atoms with E-state index in [1.807, 2.05) is 42.7 Å². The van der Waals surface area contributed by atoms with Crippen molar-refractivity contribution in [1.29, 1.82) is 0 Å². The second-order valence-corrected chi connectivity index (χ2v) is 12.6. The first-order valence-corrected chi connectivity index (χ1v) is 15.5. The normalized spacial score (nSPS) is 20.2. The molecular weight excluding hydrogens is 547 g/mol. The quantitative estimate of drug-likeness (QED) is 0.175. The van der Waals surface area contributed by atoms with E-state index in [1.54, 1.807) is 0 Å². The molecule has 1 aliphatic carbocycles. The molecule has 0 unspecified atom stereocenters. The Morgan fingerprint density at radius 1 is 0.854 bits per heavy atom. The van der Waals surface area contributed by atoms with E-state index < -0.39 is 17.0 Å². The lowest BCUT2D eigenvalue weighted by atomic mass is 9.76. The second-order valence-electron chi connectivity index (χ2n) is 11.2. The molecule has 41 heavy (non-hydrogen) atoms. The van der Waals surface area contributed by atoms with Gasteiger partial charge in [0.05, 0.1) is 5.54 Å². The van der Waals surface area contributed by atoms with Crippen LogP contribution >= 0.6 is 24.0 Å². The molecule has 1 heterocycles. The summed E-state index contributed by atoms with van der Waals surface area (Å²) in [5, 5.41) is 0. The highest BCUT2D eigenvalue weighted by Gasteiger charge is 2.62. The Bertz CT molecular complexity index is 1530. The van der Waals surface area contributed by atoms with Crippen molar-refractivity contribution < 1.29 is 14.3 Å². The molecule has 0 N–H and O–H groups in total. The lowest BCUT2D eigenvalue weighted by Crippen LogP contribution is -2.55. The van der Waals surface area contributed by atoms with E-state index in [0.29, 0.717) is 10.9 Å². The van der Waals surface area contributed by atoms with Crippen molar-refractivity contribution in [3.63, 3.8) is 0 Å². The third-order valence-electron chi connectivity index (χ3n) is 8.61. The van der Waals surface area contributed by atoms with E-state index in [2.05, 4.69) is 91.5 Å². The molecule has 0 saturated carbocycles. The number of rotatable bonds is 6. The van der Waals surface area contributed by atoms with Gasteiger partial charge in [-0.15, -0.1) is 0 Å². The number of likely N-dealkylation sites (tertiary alicyclic amines) is 1. The second kappa shape index (κ2) is 11.1. The molecule has 4 aromatic carbocycles. The summed E-state index contributed by atoms with van der Waals surface area (Å²) in [6.45, 7) is 4.90. The van der Waals surface area contributed by atoms with Gasteiger partial charge in [-0.2, -0.15) is 0 Å². The van der Waals surface area contributed by atoms with Gasteiger partial charge in [-0.05, 0) is 51.9 Å². The molecule has 4 nitrogen and oxygen atoms in total. The van der Waals surface area contributed by atoms with Crippen LogP contribution in [0.4, 0.5) is 0 Å². The number of esters is 1. The number of ether oxygens (including phenoxy) is 2. The molecular formula is C35H33NO3S2. The van der Waals surface area contributed by atoms with Gasteiger partial charge in [0, 0.05) is 12.0 Å². The summed E-state index contributed by atoms with van der Waals surface area (Å²) in [5.41, 5.74) is 5.35. The predicted molar refractivity (Wildman–Crippen MR) is 170 cm³/mol. The van der Waals surface area contributed by atoms with E-state index in [4.69, 9.17) is 21.7 Å². The zero-order valence-electron chi connectivity index (χ0n) is 23.4. The highest BCUT2D eigenvalue weighted by molar-refractivity contribution is 8.22. The van der Waals surface area contributed by atoms with Crippen LogP contribution in [0.5, 0.6) is 0 Å². The summed E-state index contributed by atoms with van der Waals surface area (Å²) < 4.78 is 13.0. The molecule has 0 spiro atoms. The number of benzene rings is 4. The van der Waals surface area contributed by atoms with Crippen molar-refractivity contribution in [2.45, 2.75) is 38.1 Å².